The highest BCUT2D eigenvalue weighted by Crippen LogP contribution is 2.15. The van der Waals surface area contributed by atoms with Crippen LogP contribution in [0.1, 0.15) is 22.5 Å². The second-order valence-corrected chi connectivity index (χ2v) is 4.97. The second kappa shape index (κ2) is 4.29. The van der Waals surface area contributed by atoms with Gasteiger partial charge in [0.1, 0.15) is 5.82 Å². The van der Waals surface area contributed by atoms with Crippen LogP contribution in [-0.2, 0) is 6.42 Å². The maximum absolute atomic E-state index is 5.73. The van der Waals surface area contributed by atoms with Crippen molar-refractivity contribution in [3.8, 4) is 0 Å². The summed E-state index contributed by atoms with van der Waals surface area (Å²) in [6, 6.07) is 6.47. The molecule has 78 valence electrons. The van der Waals surface area contributed by atoms with Crippen LogP contribution in [0, 0.1) is 13.8 Å². The SMILES string of the molecule is Cc1cc(C)cc(Cc2nsc(Cl)n2)c1. The maximum Gasteiger partial charge on any atom is 0.203 e. The fraction of sp³-hybridized carbons (Fsp3) is 0.273. The highest BCUT2D eigenvalue weighted by Gasteiger charge is 2.03. The van der Waals surface area contributed by atoms with Gasteiger partial charge in [-0.05, 0) is 42.5 Å². The molecule has 2 aromatic rings. The highest BCUT2D eigenvalue weighted by molar-refractivity contribution is 7.10. The number of benzene rings is 1. The lowest BCUT2D eigenvalue weighted by Gasteiger charge is -2.02. The number of hydrogen-bond acceptors (Lipinski definition) is 3. The Hall–Kier alpha value is -0.930. The van der Waals surface area contributed by atoms with Crippen LogP contribution < -0.4 is 0 Å². The van der Waals surface area contributed by atoms with Gasteiger partial charge in [0, 0.05) is 6.42 Å². The lowest BCUT2D eigenvalue weighted by Crippen LogP contribution is -1.92. The molecule has 15 heavy (non-hydrogen) atoms. The summed E-state index contributed by atoms with van der Waals surface area (Å²) in [7, 11) is 0. The van der Waals surface area contributed by atoms with E-state index in [2.05, 4.69) is 41.4 Å². The van der Waals surface area contributed by atoms with E-state index in [1.807, 2.05) is 0 Å². The summed E-state index contributed by atoms with van der Waals surface area (Å²) in [4.78, 5) is 4.14. The predicted molar refractivity (Wildman–Crippen MR) is 63.6 cm³/mol. The lowest BCUT2D eigenvalue weighted by molar-refractivity contribution is 1.03. The van der Waals surface area contributed by atoms with Gasteiger partial charge in [-0.3, -0.25) is 0 Å². The van der Waals surface area contributed by atoms with Gasteiger partial charge in [0.25, 0.3) is 0 Å². The minimum Gasteiger partial charge on any atom is -0.208 e. The van der Waals surface area contributed by atoms with Crippen LogP contribution in [0.15, 0.2) is 18.2 Å². The summed E-state index contributed by atoms with van der Waals surface area (Å²) >= 11 is 6.97. The monoisotopic (exact) mass is 238 g/mol. The van der Waals surface area contributed by atoms with E-state index in [0.29, 0.717) is 4.47 Å². The number of hydrogen-bond donors (Lipinski definition) is 0. The molecular weight excluding hydrogens is 228 g/mol. The van der Waals surface area contributed by atoms with E-state index >= 15 is 0 Å². The largest absolute Gasteiger partial charge is 0.208 e. The van der Waals surface area contributed by atoms with E-state index in [-0.39, 0.29) is 0 Å². The summed E-state index contributed by atoms with van der Waals surface area (Å²) in [6.07, 6.45) is 0.756. The van der Waals surface area contributed by atoms with Gasteiger partial charge < -0.3 is 0 Å². The molecule has 0 radical (unpaired) electrons. The molecule has 1 aromatic heterocycles. The molecule has 0 unspecified atom stereocenters. The number of halogens is 1. The molecule has 2 rings (SSSR count). The van der Waals surface area contributed by atoms with Gasteiger partial charge >= 0.3 is 0 Å². The zero-order chi connectivity index (χ0) is 10.8. The Morgan fingerprint density at radius 2 is 1.87 bits per heavy atom. The fourth-order valence-corrected chi connectivity index (χ4v) is 2.29. The Morgan fingerprint density at radius 3 is 2.40 bits per heavy atom. The summed E-state index contributed by atoms with van der Waals surface area (Å²) in [5.74, 6) is 0.801. The molecule has 1 heterocycles. The average Bonchev–Trinajstić information content (AvgIpc) is 2.49. The smallest absolute Gasteiger partial charge is 0.203 e. The molecule has 0 aliphatic rings. The first kappa shape index (κ1) is 10.6. The maximum atomic E-state index is 5.73. The van der Waals surface area contributed by atoms with Gasteiger partial charge in [-0.1, -0.05) is 29.3 Å². The molecule has 0 bridgehead atoms. The van der Waals surface area contributed by atoms with Gasteiger partial charge in [0.2, 0.25) is 4.47 Å². The van der Waals surface area contributed by atoms with E-state index in [9.17, 15) is 0 Å². The van der Waals surface area contributed by atoms with Crippen LogP contribution >= 0.6 is 23.1 Å². The molecule has 0 saturated heterocycles. The van der Waals surface area contributed by atoms with Gasteiger partial charge in [-0.15, -0.1) is 0 Å². The zero-order valence-corrected chi connectivity index (χ0v) is 10.2. The van der Waals surface area contributed by atoms with Crippen molar-refractivity contribution in [2.24, 2.45) is 0 Å². The van der Waals surface area contributed by atoms with Crippen LogP contribution in [-0.4, -0.2) is 9.36 Å². The number of rotatable bonds is 2. The molecule has 1 aromatic carbocycles. The second-order valence-electron chi connectivity index (χ2n) is 3.64. The Kier molecular flexibility index (Phi) is 3.03. The van der Waals surface area contributed by atoms with Crippen molar-refractivity contribution in [2.75, 3.05) is 0 Å². The molecule has 0 atom stereocenters. The minimum atomic E-state index is 0.509. The Morgan fingerprint density at radius 1 is 1.20 bits per heavy atom. The molecule has 0 spiro atoms. The molecular formula is C11H11ClN2S. The first-order valence-electron chi connectivity index (χ1n) is 4.69. The van der Waals surface area contributed by atoms with Crippen molar-refractivity contribution in [3.05, 3.63) is 45.2 Å². The Labute approximate surface area is 98.1 Å². The molecule has 0 aliphatic carbocycles. The minimum absolute atomic E-state index is 0.509. The van der Waals surface area contributed by atoms with Gasteiger partial charge in [0.05, 0.1) is 0 Å². The predicted octanol–water partition coefficient (Wildman–Crippen LogP) is 3.40. The van der Waals surface area contributed by atoms with Crippen molar-refractivity contribution < 1.29 is 0 Å². The third kappa shape index (κ3) is 2.76. The van der Waals surface area contributed by atoms with Crippen LogP contribution in [0.25, 0.3) is 0 Å². The summed E-state index contributed by atoms with van der Waals surface area (Å²) in [6.45, 7) is 4.19. The number of aromatic nitrogens is 2. The molecule has 2 nitrogen and oxygen atoms in total. The Bertz CT molecular complexity index is 459. The van der Waals surface area contributed by atoms with Crippen LogP contribution in [0.2, 0.25) is 4.47 Å². The lowest BCUT2D eigenvalue weighted by atomic mass is 10.1. The average molecular weight is 239 g/mol. The normalized spacial score (nSPS) is 10.6. The van der Waals surface area contributed by atoms with Crippen LogP contribution in [0.3, 0.4) is 0 Å². The summed E-state index contributed by atoms with van der Waals surface area (Å²) in [5.41, 5.74) is 3.78. The van der Waals surface area contributed by atoms with E-state index in [1.165, 1.54) is 28.2 Å². The van der Waals surface area contributed by atoms with Crippen molar-refractivity contribution in [1.29, 1.82) is 0 Å². The molecule has 0 amide bonds. The fourth-order valence-electron chi connectivity index (χ4n) is 1.66. The Balaban J connectivity index is 2.24. The molecule has 4 heteroatoms. The highest BCUT2D eigenvalue weighted by atomic mass is 35.5. The van der Waals surface area contributed by atoms with Gasteiger partial charge in [0.15, 0.2) is 0 Å². The van der Waals surface area contributed by atoms with Crippen molar-refractivity contribution in [1.82, 2.24) is 9.36 Å². The van der Waals surface area contributed by atoms with E-state index in [1.54, 1.807) is 0 Å². The summed E-state index contributed by atoms with van der Waals surface area (Å²) < 4.78 is 4.68. The standard InChI is InChI=1S/C11H11ClN2S/c1-7-3-8(2)5-9(4-7)6-10-13-11(12)15-14-10/h3-5H,6H2,1-2H3. The van der Waals surface area contributed by atoms with E-state index < -0.39 is 0 Å². The quantitative estimate of drug-likeness (QED) is 0.802. The zero-order valence-electron chi connectivity index (χ0n) is 8.62. The van der Waals surface area contributed by atoms with Gasteiger partial charge in [-0.2, -0.15) is 4.37 Å². The molecule has 0 saturated carbocycles. The van der Waals surface area contributed by atoms with Crippen molar-refractivity contribution in [3.63, 3.8) is 0 Å². The van der Waals surface area contributed by atoms with E-state index in [0.717, 1.165) is 12.2 Å². The summed E-state index contributed by atoms with van der Waals surface area (Å²) in [5, 5.41) is 0. The van der Waals surface area contributed by atoms with Crippen molar-refractivity contribution >= 4 is 23.1 Å². The molecule has 0 N–H and O–H groups in total. The molecule has 0 aliphatic heterocycles. The third-order valence-corrected chi connectivity index (χ3v) is 2.92. The molecule has 0 fully saturated rings. The topological polar surface area (TPSA) is 25.8 Å². The number of nitrogens with zero attached hydrogens (tertiary/aromatic N) is 2. The first-order chi connectivity index (χ1) is 7.13. The van der Waals surface area contributed by atoms with Crippen LogP contribution in [0.5, 0.6) is 0 Å². The van der Waals surface area contributed by atoms with Crippen molar-refractivity contribution in [2.45, 2.75) is 20.3 Å². The van der Waals surface area contributed by atoms with E-state index in [4.69, 9.17) is 11.6 Å². The van der Waals surface area contributed by atoms with Crippen LogP contribution in [0.4, 0.5) is 0 Å². The third-order valence-electron chi connectivity index (χ3n) is 2.09. The first-order valence-corrected chi connectivity index (χ1v) is 5.84. The number of aryl methyl sites for hydroxylation is 2. The van der Waals surface area contributed by atoms with Gasteiger partial charge in [-0.25, -0.2) is 4.98 Å².